The van der Waals surface area contributed by atoms with Gasteiger partial charge in [-0.05, 0) is 12.1 Å². The number of thiocarbonyl (C=S) groups is 1. The molecule has 0 spiro atoms. The summed E-state index contributed by atoms with van der Waals surface area (Å²) in [6, 6.07) is 3.57. The van der Waals surface area contributed by atoms with E-state index in [1.807, 2.05) is 0 Å². The Morgan fingerprint density at radius 2 is 2.29 bits per heavy atom. The normalized spacial score (nSPS) is 9.76. The van der Waals surface area contributed by atoms with Crippen LogP contribution < -0.4 is 11.1 Å². The lowest BCUT2D eigenvalue weighted by Gasteiger charge is -2.12. The van der Waals surface area contributed by atoms with Crippen molar-refractivity contribution < 1.29 is 4.79 Å². The summed E-state index contributed by atoms with van der Waals surface area (Å²) in [7, 11) is 3.45. The highest BCUT2D eigenvalue weighted by molar-refractivity contribution is 7.80. The summed E-state index contributed by atoms with van der Waals surface area (Å²) >= 11 is 4.92. The minimum absolute atomic E-state index is 0.0605. The van der Waals surface area contributed by atoms with Crippen LogP contribution >= 0.6 is 12.2 Å². The first-order chi connectivity index (χ1) is 8.02. The van der Waals surface area contributed by atoms with Crippen molar-refractivity contribution in [2.24, 2.45) is 5.73 Å². The number of nitrogens with one attached hydrogen (secondary N) is 1. The van der Waals surface area contributed by atoms with Crippen LogP contribution in [0.3, 0.4) is 0 Å². The Bertz CT molecular complexity index is 420. The van der Waals surface area contributed by atoms with Crippen LogP contribution in [0.25, 0.3) is 0 Å². The number of nitrogens with two attached hydrogens (primary N) is 1. The molecule has 5 nitrogen and oxygen atoms in total. The van der Waals surface area contributed by atoms with Crippen LogP contribution in [0.1, 0.15) is 12.0 Å². The predicted molar refractivity (Wildman–Crippen MR) is 71.9 cm³/mol. The number of carbonyl (C=O) groups excluding carboxylic acids is 1. The summed E-state index contributed by atoms with van der Waals surface area (Å²) in [5.41, 5.74) is 6.26. The molecule has 0 aliphatic rings. The summed E-state index contributed by atoms with van der Waals surface area (Å²) in [6.45, 7) is 0.504. The number of amides is 1. The van der Waals surface area contributed by atoms with Gasteiger partial charge in [-0.3, -0.25) is 4.79 Å². The van der Waals surface area contributed by atoms with E-state index in [0.717, 1.165) is 0 Å². The van der Waals surface area contributed by atoms with E-state index in [9.17, 15) is 4.79 Å². The van der Waals surface area contributed by atoms with Gasteiger partial charge >= 0.3 is 0 Å². The quantitative estimate of drug-likeness (QED) is 0.751. The third-order valence-corrected chi connectivity index (χ3v) is 2.42. The Morgan fingerprint density at radius 1 is 1.59 bits per heavy atom. The largest absolute Gasteiger partial charge is 0.389 e. The zero-order valence-corrected chi connectivity index (χ0v) is 10.8. The molecule has 0 aliphatic carbocycles. The first-order valence-corrected chi connectivity index (χ1v) is 5.62. The van der Waals surface area contributed by atoms with E-state index in [0.29, 0.717) is 29.3 Å². The molecule has 0 radical (unpaired) electrons. The second-order valence-electron chi connectivity index (χ2n) is 3.73. The molecule has 1 aromatic rings. The first-order valence-electron chi connectivity index (χ1n) is 5.21. The number of pyridine rings is 1. The molecule has 1 rings (SSSR count). The van der Waals surface area contributed by atoms with Crippen LogP contribution in [0.2, 0.25) is 0 Å². The van der Waals surface area contributed by atoms with Crippen LogP contribution in [0, 0.1) is 0 Å². The molecule has 6 heteroatoms. The number of hydrogen-bond donors (Lipinski definition) is 2. The van der Waals surface area contributed by atoms with Crippen LogP contribution in [0.15, 0.2) is 18.3 Å². The molecule has 0 fully saturated rings. The van der Waals surface area contributed by atoms with Gasteiger partial charge in [0.15, 0.2) is 0 Å². The summed E-state index contributed by atoms with van der Waals surface area (Å²) in [6.07, 6.45) is 2.05. The summed E-state index contributed by atoms with van der Waals surface area (Å²) in [5.74, 6) is 0.678. The van der Waals surface area contributed by atoms with Gasteiger partial charge in [0.05, 0.1) is 5.56 Å². The number of carbonyl (C=O) groups is 1. The highest BCUT2D eigenvalue weighted by atomic mass is 32.1. The lowest BCUT2D eigenvalue weighted by molar-refractivity contribution is -0.128. The average Bonchev–Trinajstić information content (AvgIpc) is 2.29. The molecule has 0 saturated heterocycles. The molecule has 17 heavy (non-hydrogen) atoms. The maximum Gasteiger partial charge on any atom is 0.223 e. The highest BCUT2D eigenvalue weighted by Gasteiger charge is 2.07. The number of nitrogens with zero attached hydrogens (tertiary/aromatic N) is 2. The fraction of sp³-hybridized carbons (Fsp3) is 0.364. The summed E-state index contributed by atoms with van der Waals surface area (Å²) < 4.78 is 0. The smallest absolute Gasteiger partial charge is 0.223 e. The molecule has 0 saturated carbocycles. The molecule has 0 aromatic carbocycles. The molecule has 3 N–H and O–H groups in total. The van der Waals surface area contributed by atoms with E-state index in [1.165, 1.54) is 0 Å². The van der Waals surface area contributed by atoms with Crippen molar-refractivity contribution in [1.82, 2.24) is 9.88 Å². The van der Waals surface area contributed by atoms with Crippen LogP contribution in [-0.2, 0) is 4.79 Å². The predicted octanol–water partition coefficient (Wildman–Crippen LogP) is 0.606. The SMILES string of the molecule is CN(C)C(=O)CCNc1ncccc1C(N)=S. The van der Waals surface area contributed by atoms with Gasteiger partial charge in [0, 0.05) is 33.3 Å². The Hall–Kier alpha value is -1.69. The number of aromatic nitrogens is 1. The van der Waals surface area contributed by atoms with Crippen molar-refractivity contribution in [2.45, 2.75) is 6.42 Å². The molecule has 1 heterocycles. The van der Waals surface area contributed by atoms with Crippen molar-refractivity contribution in [3.8, 4) is 0 Å². The van der Waals surface area contributed by atoms with Gasteiger partial charge in [-0.25, -0.2) is 4.98 Å². The second-order valence-corrected chi connectivity index (χ2v) is 4.17. The van der Waals surface area contributed by atoms with Gasteiger partial charge in [-0.15, -0.1) is 0 Å². The Morgan fingerprint density at radius 3 is 2.88 bits per heavy atom. The van der Waals surface area contributed by atoms with E-state index >= 15 is 0 Å². The molecule has 1 aromatic heterocycles. The molecule has 0 bridgehead atoms. The van der Waals surface area contributed by atoms with E-state index in [2.05, 4.69) is 10.3 Å². The average molecular weight is 252 g/mol. The number of anilines is 1. The summed E-state index contributed by atoms with van der Waals surface area (Å²) in [4.78, 5) is 17.3. The minimum atomic E-state index is 0.0605. The molecular weight excluding hydrogens is 236 g/mol. The fourth-order valence-corrected chi connectivity index (χ4v) is 1.42. The minimum Gasteiger partial charge on any atom is -0.389 e. The van der Waals surface area contributed by atoms with Gasteiger partial charge in [0.25, 0.3) is 0 Å². The zero-order chi connectivity index (χ0) is 12.8. The van der Waals surface area contributed by atoms with Crippen molar-refractivity contribution in [2.75, 3.05) is 26.0 Å². The topological polar surface area (TPSA) is 71.2 Å². The lowest BCUT2D eigenvalue weighted by atomic mass is 10.2. The van der Waals surface area contributed by atoms with Crippen molar-refractivity contribution >= 4 is 28.9 Å². The first kappa shape index (κ1) is 13.4. The van der Waals surface area contributed by atoms with Crippen LogP contribution in [-0.4, -0.2) is 41.4 Å². The molecule has 0 aliphatic heterocycles. The van der Waals surface area contributed by atoms with Crippen LogP contribution in [0.5, 0.6) is 0 Å². The van der Waals surface area contributed by atoms with E-state index in [-0.39, 0.29) is 5.91 Å². The van der Waals surface area contributed by atoms with Crippen molar-refractivity contribution in [3.63, 3.8) is 0 Å². The highest BCUT2D eigenvalue weighted by Crippen LogP contribution is 2.10. The summed E-state index contributed by atoms with van der Waals surface area (Å²) in [5, 5.41) is 3.05. The Kier molecular flexibility index (Phi) is 4.84. The number of hydrogen-bond acceptors (Lipinski definition) is 4. The van der Waals surface area contributed by atoms with E-state index in [4.69, 9.17) is 18.0 Å². The van der Waals surface area contributed by atoms with Gasteiger partial charge in [-0.2, -0.15) is 0 Å². The van der Waals surface area contributed by atoms with E-state index in [1.54, 1.807) is 37.3 Å². The third-order valence-electron chi connectivity index (χ3n) is 2.20. The molecular formula is C11H16N4OS. The van der Waals surface area contributed by atoms with Crippen molar-refractivity contribution in [1.29, 1.82) is 0 Å². The Labute approximate surface area is 106 Å². The fourth-order valence-electron chi connectivity index (χ4n) is 1.26. The lowest BCUT2D eigenvalue weighted by Crippen LogP contribution is -2.24. The van der Waals surface area contributed by atoms with Gasteiger partial charge < -0.3 is 16.0 Å². The molecule has 92 valence electrons. The zero-order valence-electron chi connectivity index (χ0n) is 9.93. The van der Waals surface area contributed by atoms with Gasteiger partial charge in [-0.1, -0.05) is 12.2 Å². The number of rotatable bonds is 5. The van der Waals surface area contributed by atoms with Gasteiger partial charge in [0.2, 0.25) is 5.91 Å². The van der Waals surface area contributed by atoms with Crippen LogP contribution in [0.4, 0.5) is 5.82 Å². The Balaban J connectivity index is 2.58. The van der Waals surface area contributed by atoms with Gasteiger partial charge in [0.1, 0.15) is 10.8 Å². The monoisotopic (exact) mass is 252 g/mol. The molecule has 0 unspecified atom stereocenters. The van der Waals surface area contributed by atoms with E-state index < -0.39 is 0 Å². The molecule has 1 amide bonds. The maximum absolute atomic E-state index is 11.4. The molecule has 0 atom stereocenters. The third kappa shape index (κ3) is 3.99. The van der Waals surface area contributed by atoms with Crippen molar-refractivity contribution in [3.05, 3.63) is 23.9 Å². The second kappa shape index (κ2) is 6.15. The standard InChI is InChI=1S/C11H16N4OS/c1-15(2)9(16)5-7-14-11-8(10(12)17)4-3-6-13-11/h3-4,6H,5,7H2,1-2H3,(H2,12,17)(H,13,14). The maximum atomic E-state index is 11.4.